The number of benzene rings is 3. The van der Waals surface area contributed by atoms with Crippen molar-refractivity contribution in [2.45, 2.75) is 85.0 Å². The Balaban J connectivity index is 1.78. The van der Waals surface area contributed by atoms with Gasteiger partial charge in [-0.3, -0.25) is 9.59 Å². The number of rotatable bonds is 9. The number of aryl methyl sites for hydroxylation is 3. The summed E-state index contributed by atoms with van der Waals surface area (Å²) >= 11 is 0. The quantitative estimate of drug-likeness (QED) is 0.302. The molecule has 3 amide bonds. The molecule has 3 aromatic rings. The third-order valence-corrected chi connectivity index (χ3v) is 7.44. The molecule has 1 aliphatic carbocycles. The van der Waals surface area contributed by atoms with Crippen LogP contribution in [-0.4, -0.2) is 40.5 Å². The van der Waals surface area contributed by atoms with Crippen molar-refractivity contribution >= 4 is 23.6 Å². The summed E-state index contributed by atoms with van der Waals surface area (Å²) in [5.74, 6) is -0.395. The maximum atomic E-state index is 14.7. The van der Waals surface area contributed by atoms with E-state index in [9.17, 15) is 14.4 Å². The van der Waals surface area contributed by atoms with Gasteiger partial charge in [-0.2, -0.15) is 0 Å². The number of hydrogen-bond acceptors (Lipinski definition) is 4. The second-order valence-electron chi connectivity index (χ2n) is 12.5. The molecule has 222 valence electrons. The Hall–Kier alpha value is -4.13. The molecule has 3 aromatic carbocycles. The van der Waals surface area contributed by atoms with Crippen LogP contribution in [0.5, 0.6) is 0 Å². The average molecular weight is 570 g/mol. The monoisotopic (exact) mass is 569 g/mol. The lowest BCUT2D eigenvalue weighted by molar-refractivity contribution is -0.141. The number of para-hydroxylation sites is 1. The highest BCUT2D eigenvalue weighted by Crippen LogP contribution is 2.41. The Morgan fingerprint density at radius 2 is 1.52 bits per heavy atom. The molecule has 0 radical (unpaired) electrons. The van der Waals surface area contributed by atoms with Gasteiger partial charge in [-0.15, -0.1) is 0 Å². The normalized spacial score (nSPS) is 17.5. The molecule has 1 aliphatic rings. The van der Waals surface area contributed by atoms with E-state index in [1.54, 1.807) is 25.7 Å². The third kappa shape index (κ3) is 7.99. The maximum Gasteiger partial charge on any atom is 0.408 e. The molecule has 1 fully saturated rings. The van der Waals surface area contributed by atoms with E-state index >= 15 is 0 Å². The molecule has 4 rings (SSSR count). The second kappa shape index (κ2) is 12.8. The van der Waals surface area contributed by atoms with Crippen LogP contribution >= 0.6 is 0 Å². The molecule has 1 saturated carbocycles. The zero-order valence-electron chi connectivity index (χ0n) is 25.7. The van der Waals surface area contributed by atoms with Crippen LogP contribution in [-0.2, 0) is 20.7 Å². The van der Waals surface area contributed by atoms with Crippen LogP contribution in [0.15, 0.2) is 72.8 Å². The summed E-state index contributed by atoms with van der Waals surface area (Å²) in [6.07, 6.45) is 0.359. The lowest BCUT2D eigenvalue weighted by Crippen LogP contribution is -2.54. The molecule has 0 heterocycles. The van der Waals surface area contributed by atoms with E-state index in [1.165, 1.54) is 0 Å². The summed E-state index contributed by atoms with van der Waals surface area (Å²) in [6.45, 7) is 13.3. The first-order chi connectivity index (χ1) is 19.8. The zero-order valence-corrected chi connectivity index (χ0v) is 25.7. The molecule has 7 nitrogen and oxygen atoms in total. The van der Waals surface area contributed by atoms with E-state index in [0.717, 1.165) is 34.2 Å². The SMILES string of the molecule is Cc1cc(C)cc(C(C(=O)Nc2ccccc2C)N(C(=O)C(Cc2ccccc2)NC(=O)OC(C)(C)C)C2CC2C)c1. The molecule has 42 heavy (non-hydrogen) atoms. The Morgan fingerprint density at radius 3 is 2.10 bits per heavy atom. The van der Waals surface area contributed by atoms with Gasteiger partial charge < -0.3 is 20.3 Å². The van der Waals surface area contributed by atoms with Gasteiger partial charge >= 0.3 is 6.09 Å². The van der Waals surface area contributed by atoms with Crippen LogP contribution in [0.4, 0.5) is 10.5 Å². The second-order valence-corrected chi connectivity index (χ2v) is 12.5. The predicted octanol–water partition coefficient (Wildman–Crippen LogP) is 6.66. The molecule has 7 heteroatoms. The van der Waals surface area contributed by atoms with E-state index in [1.807, 2.05) is 93.6 Å². The van der Waals surface area contributed by atoms with Gasteiger partial charge in [0.15, 0.2) is 0 Å². The predicted molar refractivity (Wildman–Crippen MR) is 166 cm³/mol. The van der Waals surface area contributed by atoms with E-state index < -0.39 is 23.8 Å². The third-order valence-electron chi connectivity index (χ3n) is 7.44. The van der Waals surface area contributed by atoms with Crippen molar-refractivity contribution in [1.82, 2.24) is 10.2 Å². The fraction of sp³-hybridized carbons (Fsp3) is 0.400. The molecule has 2 N–H and O–H groups in total. The van der Waals surface area contributed by atoms with Crippen LogP contribution in [0.1, 0.15) is 68.0 Å². The molecular weight excluding hydrogens is 526 g/mol. The minimum atomic E-state index is -0.935. The average Bonchev–Trinajstić information content (AvgIpc) is 3.62. The van der Waals surface area contributed by atoms with Crippen LogP contribution in [0.2, 0.25) is 0 Å². The Bertz CT molecular complexity index is 1410. The number of alkyl carbamates (subject to hydrolysis) is 1. The first-order valence-electron chi connectivity index (χ1n) is 14.6. The van der Waals surface area contributed by atoms with Crippen molar-refractivity contribution in [1.29, 1.82) is 0 Å². The topological polar surface area (TPSA) is 87.7 Å². The van der Waals surface area contributed by atoms with Crippen molar-refractivity contribution in [2.75, 3.05) is 5.32 Å². The largest absolute Gasteiger partial charge is 0.444 e. The highest BCUT2D eigenvalue weighted by molar-refractivity contribution is 5.99. The van der Waals surface area contributed by atoms with Gasteiger partial charge in [0.1, 0.15) is 17.7 Å². The van der Waals surface area contributed by atoms with E-state index in [-0.39, 0.29) is 30.2 Å². The number of ether oxygens (including phenoxy) is 1. The molecule has 0 bridgehead atoms. The number of nitrogens with one attached hydrogen (secondary N) is 2. The van der Waals surface area contributed by atoms with Gasteiger partial charge in [-0.25, -0.2) is 4.79 Å². The highest BCUT2D eigenvalue weighted by Gasteiger charge is 2.48. The van der Waals surface area contributed by atoms with Crippen molar-refractivity contribution in [3.05, 3.63) is 101 Å². The minimum Gasteiger partial charge on any atom is -0.444 e. The van der Waals surface area contributed by atoms with Crippen molar-refractivity contribution in [3.8, 4) is 0 Å². The Morgan fingerprint density at radius 1 is 0.929 bits per heavy atom. The first-order valence-corrected chi connectivity index (χ1v) is 14.6. The molecular formula is C35H43N3O4. The number of carbonyl (C=O) groups is 3. The summed E-state index contributed by atoms with van der Waals surface area (Å²) < 4.78 is 5.55. The summed E-state index contributed by atoms with van der Waals surface area (Å²) in [4.78, 5) is 43.6. The number of amides is 3. The standard InChI is InChI=1S/C35H43N3O4/c1-22-17-23(2)19-27(18-22)31(32(39)36-28-16-12-11-13-24(28)3)38(30-20-25(30)4)33(40)29(21-26-14-9-8-10-15-26)37-34(41)42-35(5,6)7/h8-19,25,29-31H,20-21H2,1-7H3,(H,36,39)(H,37,41). The van der Waals surface area contributed by atoms with Crippen LogP contribution in [0, 0.1) is 26.7 Å². The fourth-order valence-corrected chi connectivity index (χ4v) is 5.37. The molecule has 0 saturated heterocycles. The number of anilines is 1. The summed E-state index contributed by atoms with van der Waals surface area (Å²) in [5.41, 5.74) is 4.52. The summed E-state index contributed by atoms with van der Waals surface area (Å²) in [6, 6.07) is 21.2. The van der Waals surface area contributed by atoms with E-state index in [0.29, 0.717) is 5.69 Å². The van der Waals surface area contributed by atoms with Crippen LogP contribution < -0.4 is 10.6 Å². The number of hydrogen-bond donors (Lipinski definition) is 2. The van der Waals surface area contributed by atoms with Gasteiger partial charge in [-0.05, 0) is 76.6 Å². The first kappa shape index (κ1) is 30.8. The summed E-state index contributed by atoms with van der Waals surface area (Å²) in [5, 5.41) is 5.94. The van der Waals surface area contributed by atoms with Crippen molar-refractivity contribution < 1.29 is 19.1 Å². The highest BCUT2D eigenvalue weighted by atomic mass is 16.6. The lowest BCUT2D eigenvalue weighted by atomic mass is 9.97. The Labute approximate surface area is 249 Å². The van der Waals surface area contributed by atoms with Gasteiger partial charge in [0.05, 0.1) is 0 Å². The maximum absolute atomic E-state index is 14.7. The fourth-order valence-electron chi connectivity index (χ4n) is 5.37. The Kier molecular flexibility index (Phi) is 9.40. The number of carbonyl (C=O) groups excluding carboxylic acids is 3. The van der Waals surface area contributed by atoms with Gasteiger partial charge in [0.25, 0.3) is 5.91 Å². The van der Waals surface area contributed by atoms with Crippen molar-refractivity contribution in [2.24, 2.45) is 5.92 Å². The molecule has 0 aliphatic heterocycles. The minimum absolute atomic E-state index is 0.148. The molecule has 0 aromatic heterocycles. The van der Waals surface area contributed by atoms with Crippen LogP contribution in [0.3, 0.4) is 0 Å². The molecule has 4 atom stereocenters. The van der Waals surface area contributed by atoms with Gasteiger partial charge in [-0.1, -0.05) is 84.8 Å². The number of nitrogens with zero attached hydrogens (tertiary/aromatic N) is 1. The molecule has 0 spiro atoms. The van der Waals surface area contributed by atoms with Gasteiger partial charge in [0.2, 0.25) is 5.91 Å². The zero-order chi connectivity index (χ0) is 30.6. The smallest absolute Gasteiger partial charge is 0.408 e. The van der Waals surface area contributed by atoms with Crippen molar-refractivity contribution in [3.63, 3.8) is 0 Å². The van der Waals surface area contributed by atoms with E-state index in [4.69, 9.17) is 4.74 Å². The van der Waals surface area contributed by atoms with E-state index in [2.05, 4.69) is 17.6 Å². The molecule has 4 unspecified atom stereocenters. The lowest BCUT2D eigenvalue weighted by Gasteiger charge is -2.35. The van der Waals surface area contributed by atoms with Gasteiger partial charge in [0, 0.05) is 18.2 Å². The summed E-state index contributed by atoms with van der Waals surface area (Å²) in [7, 11) is 0. The van der Waals surface area contributed by atoms with Crippen LogP contribution in [0.25, 0.3) is 0 Å².